The van der Waals surface area contributed by atoms with Crippen molar-refractivity contribution in [2.45, 2.75) is 32.9 Å². The Morgan fingerprint density at radius 1 is 0.912 bits per heavy atom. The predicted molar refractivity (Wildman–Crippen MR) is 122 cm³/mol. The minimum atomic E-state index is -0.836. The van der Waals surface area contributed by atoms with Crippen LogP contribution in [0.5, 0.6) is 5.75 Å². The first-order valence-corrected chi connectivity index (χ1v) is 10.6. The topological polar surface area (TPSA) is 113 Å². The molecule has 2 aliphatic heterocycles. The first-order chi connectivity index (χ1) is 16.0. The number of carbonyl (C=O) groups is 5. The van der Waals surface area contributed by atoms with Gasteiger partial charge < -0.3 is 4.74 Å². The number of urea groups is 1. The second-order valence-corrected chi connectivity index (χ2v) is 8.94. The molecule has 0 radical (unpaired) electrons. The molecule has 0 aliphatic carbocycles. The Kier molecular flexibility index (Phi) is 5.56. The monoisotopic (exact) mass is 461 g/mol. The van der Waals surface area contributed by atoms with Crippen molar-refractivity contribution in [2.24, 2.45) is 0 Å². The number of barbiturate groups is 1. The summed E-state index contributed by atoms with van der Waals surface area (Å²) in [6.07, 6.45) is 1.37. The third-order valence-electron chi connectivity index (χ3n) is 5.59. The van der Waals surface area contributed by atoms with Gasteiger partial charge in [-0.2, -0.15) is 0 Å². The molecule has 2 aliphatic rings. The van der Waals surface area contributed by atoms with Crippen molar-refractivity contribution in [1.29, 1.82) is 0 Å². The molecule has 2 heterocycles. The van der Waals surface area contributed by atoms with Crippen LogP contribution in [0.15, 0.2) is 48.0 Å². The van der Waals surface area contributed by atoms with E-state index in [4.69, 9.17) is 4.74 Å². The van der Waals surface area contributed by atoms with Gasteiger partial charge in [-0.1, -0.05) is 18.2 Å². The molecule has 1 N–H and O–H groups in total. The summed E-state index contributed by atoms with van der Waals surface area (Å²) < 4.78 is 5.40. The lowest BCUT2D eigenvalue weighted by atomic mass is 10.00. The highest BCUT2D eigenvalue weighted by atomic mass is 16.5. The van der Waals surface area contributed by atoms with Crippen LogP contribution in [0.25, 0.3) is 6.08 Å². The van der Waals surface area contributed by atoms with Crippen molar-refractivity contribution in [2.75, 3.05) is 7.11 Å². The summed E-state index contributed by atoms with van der Waals surface area (Å²) in [7, 11) is 1.46. The van der Waals surface area contributed by atoms with Gasteiger partial charge in [0.1, 0.15) is 11.3 Å². The molecule has 9 nitrogen and oxygen atoms in total. The number of hydrogen-bond donors (Lipinski definition) is 1. The highest BCUT2D eigenvalue weighted by molar-refractivity contribution is 6.31. The lowest BCUT2D eigenvalue weighted by Gasteiger charge is -2.36. The number of rotatable bonds is 4. The van der Waals surface area contributed by atoms with E-state index in [0.717, 1.165) is 9.80 Å². The van der Waals surface area contributed by atoms with Crippen molar-refractivity contribution >= 4 is 35.7 Å². The van der Waals surface area contributed by atoms with Crippen LogP contribution in [0.4, 0.5) is 4.79 Å². The zero-order valence-corrected chi connectivity index (χ0v) is 19.2. The summed E-state index contributed by atoms with van der Waals surface area (Å²) >= 11 is 0. The summed E-state index contributed by atoms with van der Waals surface area (Å²) in [5.41, 5.74) is 0.610. The number of benzene rings is 2. The number of hydrogen-bond acceptors (Lipinski definition) is 6. The SMILES string of the molecule is COc1ccc(C=C2C(=O)NC(=O)N(C(C)(C)C)C2=O)cc1CN1C(=O)c2ccccc2C1=O. The third kappa shape index (κ3) is 3.85. The van der Waals surface area contributed by atoms with E-state index in [-0.39, 0.29) is 12.1 Å². The smallest absolute Gasteiger partial charge is 0.331 e. The molecule has 0 saturated carbocycles. The lowest BCUT2D eigenvalue weighted by Crippen LogP contribution is -2.60. The quantitative estimate of drug-likeness (QED) is 0.426. The minimum Gasteiger partial charge on any atom is -0.496 e. The highest BCUT2D eigenvalue weighted by Gasteiger charge is 2.41. The predicted octanol–water partition coefficient (Wildman–Crippen LogP) is 2.75. The van der Waals surface area contributed by atoms with E-state index in [0.29, 0.717) is 28.0 Å². The maximum atomic E-state index is 12.9. The molecule has 0 bridgehead atoms. The number of amides is 6. The number of ether oxygens (including phenoxy) is 1. The zero-order chi connectivity index (χ0) is 24.8. The molecule has 2 aromatic rings. The van der Waals surface area contributed by atoms with E-state index < -0.39 is 35.2 Å². The number of carbonyl (C=O) groups excluding carboxylic acids is 5. The summed E-state index contributed by atoms with van der Waals surface area (Å²) in [6, 6.07) is 10.7. The molecule has 1 fully saturated rings. The second kappa shape index (κ2) is 8.26. The summed E-state index contributed by atoms with van der Waals surface area (Å²) in [5, 5.41) is 2.19. The zero-order valence-electron chi connectivity index (χ0n) is 19.2. The number of nitrogens with zero attached hydrogens (tertiary/aromatic N) is 2. The van der Waals surface area contributed by atoms with Crippen molar-refractivity contribution in [1.82, 2.24) is 15.1 Å². The molecule has 174 valence electrons. The van der Waals surface area contributed by atoms with Gasteiger partial charge >= 0.3 is 6.03 Å². The Balaban J connectivity index is 1.68. The van der Waals surface area contributed by atoms with E-state index in [1.807, 2.05) is 0 Å². The van der Waals surface area contributed by atoms with Gasteiger partial charge in [-0.25, -0.2) is 4.79 Å². The van der Waals surface area contributed by atoms with Gasteiger partial charge in [0.15, 0.2) is 0 Å². The van der Waals surface area contributed by atoms with E-state index in [1.165, 1.54) is 13.2 Å². The van der Waals surface area contributed by atoms with E-state index >= 15 is 0 Å². The van der Waals surface area contributed by atoms with Gasteiger partial charge in [-0.05, 0) is 56.7 Å². The summed E-state index contributed by atoms with van der Waals surface area (Å²) in [4.78, 5) is 65.2. The Bertz CT molecular complexity index is 1250. The van der Waals surface area contributed by atoms with E-state index in [2.05, 4.69) is 5.32 Å². The Morgan fingerprint density at radius 3 is 2.09 bits per heavy atom. The van der Waals surface area contributed by atoms with Crippen molar-refractivity contribution in [3.8, 4) is 5.75 Å². The molecule has 0 spiro atoms. The Morgan fingerprint density at radius 2 is 1.53 bits per heavy atom. The van der Waals surface area contributed by atoms with Gasteiger partial charge in [-0.3, -0.25) is 34.3 Å². The summed E-state index contributed by atoms with van der Waals surface area (Å²) in [5.74, 6) is -1.89. The second-order valence-electron chi connectivity index (χ2n) is 8.94. The summed E-state index contributed by atoms with van der Waals surface area (Å²) in [6.45, 7) is 5.00. The molecule has 34 heavy (non-hydrogen) atoms. The Hall–Kier alpha value is -4.27. The van der Waals surface area contributed by atoms with Gasteiger partial charge in [0.05, 0.1) is 24.8 Å². The molecule has 1 saturated heterocycles. The number of nitrogens with one attached hydrogen (secondary N) is 1. The van der Waals surface area contributed by atoms with Crippen molar-refractivity contribution in [3.05, 3.63) is 70.3 Å². The van der Waals surface area contributed by atoms with Gasteiger partial charge in [0.2, 0.25) is 0 Å². The number of imide groups is 3. The first kappa shape index (κ1) is 22.9. The van der Waals surface area contributed by atoms with Crippen LogP contribution in [-0.2, 0) is 16.1 Å². The molecular formula is C25H23N3O6. The fourth-order valence-corrected chi connectivity index (χ4v) is 4.00. The molecule has 9 heteroatoms. The van der Waals surface area contributed by atoms with Crippen LogP contribution >= 0.6 is 0 Å². The average Bonchev–Trinajstić information content (AvgIpc) is 3.01. The van der Waals surface area contributed by atoms with E-state index in [9.17, 15) is 24.0 Å². The van der Waals surface area contributed by atoms with Gasteiger partial charge in [-0.15, -0.1) is 0 Å². The molecule has 0 aromatic heterocycles. The van der Waals surface area contributed by atoms with Crippen molar-refractivity contribution in [3.63, 3.8) is 0 Å². The highest BCUT2D eigenvalue weighted by Crippen LogP contribution is 2.29. The number of fused-ring (bicyclic) bond motifs is 1. The van der Waals surface area contributed by atoms with Crippen LogP contribution in [0.1, 0.15) is 52.6 Å². The maximum absolute atomic E-state index is 12.9. The largest absolute Gasteiger partial charge is 0.496 e. The first-order valence-electron chi connectivity index (χ1n) is 10.6. The molecule has 0 atom stereocenters. The molecular weight excluding hydrogens is 438 g/mol. The third-order valence-corrected chi connectivity index (χ3v) is 5.59. The molecule has 4 rings (SSSR count). The van der Waals surface area contributed by atoms with Crippen LogP contribution in [-0.4, -0.2) is 52.1 Å². The standard InChI is InChI=1S/C25H23N3O6/c1-25(2,3)28-23(32)18(20(29)26-24(28)33)12-14-9-10-19(34-4)15(11-14)13-27-21(30)16-7-5-6-8-17(16)22(27)31/h5-12H,13H2,1-4H3,(H,26,29,33). The molecule has 2 aromatic carbocycles. The van der Waals surface area contributed by atoms with Gasteiger partial charge in [0.25, 0.3) is 23.6 Å². The van der Waals surface area contributed by atoms with E-state index in [1.54, 1.807) is 63.2 Å². The van der Waals surface area contributed by atoms with Crippen LogP contribution in [0, 0.1) is 0 Å². The maximum Gasteiger partial charge on any atom is 0.331 e. The lowest BCUT2D eigenvalue weighted by molar-refractivity contribution is -0.133. The van der Waals surface area contributed by atoms with Gasteiger partial charge in [0, 0.05) is 11.1 Å². The normalized spacial score (nSPS) is 17.4. The molecule has 0 unspecified atom stereocenters. The van der Waals surface area contributed by atoms with Crippen LogP contribution in [0.3, 0.4) is 0 Å². The Labute approximate surface area is 196 Å². The number of methoxy groups -OCH3 is 1. The minimum absolute atomic E-state index is 0.0563. The van der Waals surface area contributed by atoms with Crippen LogP contribution < -0.4 is 10.1 Å². The molecule has 6 amide bonds. The fraction of sp³-hybridized carbons (Fsp3) is 0.240. The van der Waals surface area contributed by atoms with Crippen LogP contribution in [0.2, 0.25) is 0 Å². The average molecular weight is 461 g/mol. The fourth-order valence-electron chi connectivity index (χ4n) is 4.00. The van der Waals surface area contributed by atoms with Crippen molar-refractivity contribution < 1.29 is 28.7 Å².